The van der Waals surface area contributed by atoms with E-state index in [0.717, 1.165) is 5.56 Å². The highest BCUT2D eigenvalue weighted by Gasteiger charge is 2.10. The molecule has 0 fully saturated rings. The fourth-order valence-corrected chi connectivity index (χ4v) is 1.95. The zero-order valence-electron chi connectivity index (χ0n) is 10.0. The number of carbonyl (C=O) groups is 1. The van der Waals surface area contributed by atoms with Crippen molar-refractivity contribution in [1.82, 2.24) is 5.32 Å². The van der Waals surface area contributed by atoms with Crippen LogP contribution >= 0.6 is 0 Å². The van der Waals surface area contributed by atoms with Crippen molar-refractivity contribution in [1.29, 1.82) is 0 Å². The summed E-state index contributed by atoms with van der Waals surface area (Å²) in [5.41, 5.74) is 1.01. The summed E-state index contributed by atoms with van der Waals surface area (Å²) in [6.45, 7) is 1.98. The molecule has 1 rings (SSSR count). The van der Waals surface area contributed by atoms with Gasteiger partial charge in [0.15, 0.2) is 0 Å². The molecule has 6 nitrogen and oxygen atoms in total. The van der Waals surface area contributed by atoms with E-state index in [0.29, 0.717) is 0 Å². The second-order valence-electron chi connectivity index (χ2n) is 4.00. The zero-order valence-corrected chi connectivity index (χ0v) is 10.8. The Labute approximate surface area is 106 Å². The van der Waals surface area contributed by atoms with Crippen LogP contribution in [-0.2, 0) is 10.0 Å². The number of primary sulfonamides is 1. The molecule has 0 aliphatic heterocycles. The summed E-state index contributed by atoms with van der Waals surface area (Å²) in [5.74, 6) is -0.728. The standard InChI is InChI=1S/C11H16N2O4S/c1-8-3-4-9(10(14)7-8)11(15)13-5-2-6-18(12,16)17/h3-4,7,14H,2,5-6H2,1H3,(H,13,15)(H2,12,16,17). The number of hydrogen-bond donors (Lipinski definition) is 3. The van der Waals surface area contributed by atoms with Crippen molar-refractivity contribution in [2.45, 2.75) is 13.3 Å². The van der Waals surface area contributed by atoms with Crippen molar-refractivity contribution < 1.29 is 18.3 Å². The number of phenolic OH excluding ortho intramolecular Hbond substituents is 1. The fourth-order valence-electron chi connectivity index (χ4n) is 1.40. The fraction of sp³-hybridized carbons (Fsp3) is 0.364. The average Bonchev–Trinajstić information content (AvgIpc) is 2.22. The molecule has 0 saturated carbocycles. The molecule has 0 radical (unpaired) electrons. The topological polar surface area (TPSA) is 109 Å². The quantitative estimate of drug-likeness (QED) is 0.661. The normalized spacial score (nSPS) is 11.2. The first-order valence-electron chi connectivity index (χ1n) is 5.38. The highest BCUT2D eigenvalue weighted by molar-refractivity contribution is 7.89. The monoisotopic (exact) mass is 272 g/mol. The Bertz CT molecular complexity index is 540. The predicted molar refractivity (Wildman–Crippen MR) is 67.8 cm³/mol. The van der Waals surface area contributed by atoms with Gasteiger partial charge in [0.25, 0.3) is 5.91 Å². The van der Waals surface area contributed by atoms with E-state index in [1.807, 2.05) is 0 Å². The van der Waals surface area contributed by atoms with Gasteiger partial charge in [-0.25, -0.2) is 13.6 Å². The highest BCUT2D eigenvalue weighted by Crippen LogP contribution is 2.17. The number of aryl methyl sites for hydroxylation is 1. The van der Waals surface area contributed by atoms with Crippen LogP contribution in [0.4, 0.5) is 0 Å². The molecule has 0 aliphatic rings. The Morgan fingerprint density at radius 1 is 1.44 bits per heavy atom. The molecule has 0 spiro atoms. The van der Waals surface area contributed by atoms with Crippen LogP contribution in [0.5, 0.6) is 5.75 Å². The van der Waals surface area contributed by atoms with Gasteiger partial charge in [0.05, 0.1) is 11.3 Å². The molecule has 1 aromatic rings. The maximum Gasteiger partial charge on any atom is 0.255 e. The molecule has 4 N–H and O–H groups in total. The molecule has 0 unspecified atom stereocenters. The number of amides is 1. The SMILES string of the molecule is Cc1ccc(C(=O)NCCCS(N)(=O)=O)c(O)c1. The van der Waals surface area contributed by atoms with Crippen LogP contribution in [-0.4, -0.2) is 31.7 Å². The number of rotatable bonds is 5. The van der Waals surface area contributed by atoms with E-state index in [4.69, 9.17) is 5.14 Å². The number of nitrogens with one attached hydrogen (secondary N) is 1. The van der Waals surface area contributed by atoms with Crippen LogP contribution in [0.1, 0.15) is 22.3 Å². The van der Waals surface area contributed by atoms with Crippen LogP contribution in [0.3, 0.4) is 0 Å². The molecular weight excluding hydrogens is 256 g/mol. The first-order chi connectivity index (χ1) is 8.29. The lowest BCUT2D eigenvalue weighted by Crippen LogP contribution is -2.27. The summed E-state index contributed by atoms with van der Waals surface area (Å²) >= 11 is 0. The molecule has 1 amide bonds. The van der Waals surface area contributed by atoms with Gasteiger partial charge in [-0.1, -0.05) is 6.07 Å². The van der Waals surface area contributed by atoms with E-state index < -0.39 is 15.9 Å². The van der Waals surface area contributed by atoms with Crippen molar-refractivity contribution in [3.05, 3.63) is 29.3 Å². The summed E-state index contributed by atoms with van der Waals surface area (Å²) in [6, 6.07) is 4.71. The number of carbonyl (C=O) groups excluding carboxylic acids is 1. The Balaban J connectivity index is 2.51. The van der Waals surface area contributed by atoms with Gasteiger partial charge in [0.1, 0.15) is 5.75 Å². The number of nitrogens with two attached hydrogens (primary N) is 1. The minimum Gasteiger partial charge on any atom is -0.507 e. The van der Waals surface area contributed by atoms with Crippen LogP contribution in [0, 0.1) is 6.92 Å². The summed E-state index contributed by atoms with van der Waals surface area (Å²) in [4.78, 5) is 11.6. The van der Waals surface area contributed by atoms with Gasteiger partial charge < -0.3 is 10.4 Å². The lowest BCUT2D eigenvalue weighted by molar-refractivity contribution is 0.0951. The maximum absolute atomic E-state index is 11.6. The lowest BCUT2D eigenvalue weighted by atomic mass is 10.1. The summed E-state index contributed by atoms with van der Waals surface area (Å²) < 4.78 is 21.3. The van der Waals surface area contributed by atoms with Gasteiger partial charge in [-0.15, -0.1) is 0 Å². The predicted octanol–water partition coefficient (Wildman–Crippen LogP) is 0.109. The second kappa shape index (κ2) is 5.83. The number of sulfonamides is 1. The van der Waals surface area contributed by atoms with E-state index in [9.17, 15) is 18.3 Å². The Morgan fingerprint density at radius 2 is 2.11 bits per heavy atom. The third-order valence-electron chi connectivity index (χ3n) is 2.29. The number of benzene rings is 1. The van der Waals surface area contributed by atoms with Crippen molar-refractivity contribution in [2.75, 3.05) is 12.3 Å². The molecule has 18 heavy (non-hydrogen) atoms. The van der Waals surface area contributed by atoms with Gasteiger partial charge in [0, 0.05) is 6.54 Å². The van der Waals surface area contributed by atoms with E-state index >= 15 is 0 Å². The van der Waals surface area contributed by atoms with Crippen LogP contribution in [0.25, 0.3) is 0 Å². The molecular formula is C11H16N2O4S. The van der Waals surface area contributed by atoms with E-state index in [2.05, 4.69) is 5.32 Å². The Hall–Kier alpha value is -1.60. The van der Waals surface area contributed by atoms with Crippen LogP contribution < -0.4 is 10.5 Å². The molecule has 1 aromatic carbocycles. The van der Waals surface area contributed by atoms with Gasteiger partial charge in [0.2, 0.25) is 10.0 Å². The molecule has 0 atom stereocenters. The van der Waals surface area contributed by atoms with Crippen LogP contribution in [0.15, 0.2) is 18.2 Å². The Kier molecular flexibility index (Phi) is 4.69. The van der Waals surface area contributed by atoms with Crippen molar-refractivity contribution >= 4 is 15.9 Å². The molecule has 0 aliphatic carbocycles. The maximum atomic E-state index is 11.6. The summed E-state index contributed by atoms with van der Waals surface area (Å²) in [7, 11) is -3.50. The van der Waals surface area contributed by atoms with Crippen molar-refractivity contribution in [3.8, 4) is 5.75 Å². The highest BCUT2D eigenvalue weighted by atomic mass is 32.2. The van der Waals surface area contributed by atoms with Gasteiger partial charge >= 0.3 is 0 Å². The first kappa shape index (κ1) is 14.5. The largest absolute Gasteiger partial charge is 0.507 e. The summed E-state index contributed by atoms with van der Waals surface area (Å²) in [5, 5.41) is 16.9. The second-order valence-corrected chi connectivity index (χ2v) is 5.73. The number of aromatic hydroxyl groups is 1. The Morgan fingerprint density at radius 3 is 2.67 bits per heavy atom. The summed E-state index contributed by atoms with van der Waals surface area (Å²) in [6.07, 6.45) is 0.233. The minimum absolute atomic E-state index is 0.0982. The van der Waals surface area contributed by atoms with Crippen molar-refractivity contribution in [2.24, 2.45) is 5.14 Å². The molecule has 0 bridgehead atoms. The third-order valence-corrected chi connectivity index (χ3v) is 3.15. The zero-order chi connectivity index (χ0) is 13.8. The molecule has 0 heterocycles. The first-order valence-corrected chi connectivity index (χ1v) is 7.09. The van der Waals surface area contributed by atoms with E-state index in [-0.39, 0.29) is 30.0 Å². The molecule has 100 valence electrons. The van der Waals surface area contributed by atoms with E-state index in [1.165, 1.54) is 12.1 Å². The van der Waals surface area contributed by atoms with Crippen LogP contribution in [0.2, 0.25) is 0 Å². The van der Waals surface area contributed by atoms with E-state index in [1.54, 1.807) is 13.0 Å². The van der Waals surface area contributed by atoms with Gasteiger partial charge in [-0.2, -0.15) is 0 Å². The molecule has 0 saturated heterocycles. The average molecular weight is 272 g/mol. The smallest absolute Gasteiger partial charge is 0.255 e. The minimum atomic E-state index is -3.50. The third kappa shape index (κ3) is 4.72. The van der Waals surface area contributed by atoms with Gasteiger partial charge in [-0.3, -0.25) is 4.79 Å². The molecule has 0 aromatic heterocycles. The van der Waals surface area contributed by atoms with Crippen molar-refractivity contribution in [3.63, 3.8) is 0 Å². The molecule has 7 heteroatoms. The number of phenols is 1. The number of hydrogen-bond acceptors (Lipinski definition) is 4. The van der Waals surface area contributed by atoms with Gasteiger partial charge in [-0.05, 0) is 31.0 Å². The lowest BCUT2D eigenvalue weighted by Gasteiger charge is -2.07.